The molecule has 7 nitrogen and oxygen atoms in total. The molecule has 0 radical (unpaired) electrons. The number of nitrogens with zero attached hydrogens (tertiary/aromatic N) is 3. The van der Waals surface area contributed by atoms with Crippen LogP contribution in [0.25, 0.3) is 10.4 Å². The van der Waals surface area contributed by atoms with E-state index < -0.39 is 11.7 Å². The Labute approximate surface area is 117 Å². The van der Waals surface area contributed by atoms with Crippen molar-refractivity contribution in [2.75, 3.05) is 12.4 Å². The number of anilines is 1. The minimum atomic E-state index is -0.589. The number of nitrogens with one attached hydrogen (secondary N) is 1. The lowest BCUT2D eigenvalue weighted by molar-refractivity contribution is 0.0636. The van der Waals surface area contributed by atoms with Crippen LogP contribution >= 0.6 is 0 Å². The molecule has 0 spiro atoms. The van der Waals surface area contributed by atoms with Crippen molar-refractivity contribution in [1.82, 2.24) is 0 Å². The van der Waals surface area contributed by atoms with E-state index in [1.807, 2.05) is 0 Å². The third kappa shape index (κ3) is 5.07. The zero-order valence-corrected chi connectivity index (χ0v) is 12.0. The second-order valence-corrected chi connectivity index (χ2v) is 5.04. The Morgan fingerprint density at radius 2 is 2.15 bits per heavy atom. The van der Waals surface area contributed by atoms with Crippen molar-refractivity contribution in [1.29, 1.82) is 0 Å². The van der Waals surface area contributed by atoms with Crippen LogP contribution in [-0.4, -0.2) is 18.8 Å². The normalized spacial score (nSPS) is 10.4. The summed E-state index contributed by atoms with van der Waals surface area (Å²) in [5.74, 6) is 0.584. The Morgan fingerprint density at radius 1 is 1.45 bits per heavy atom. The number of amides is 1. The predicted octanol–water partition coefficient (Wildman–Crippen LogP) is 3.85. The number of hydrogen-bond donors (Lipinski definition) is 1. The van der Waals surface area contributed by atoms with Crippen LogP contribution in [0.15, 0.2) is 23.3 Å². The molecule has 0 aromatic heterocycles. The predicted molar refractivity (Wildman–Crippen MR) is 75.7 cm³/mol. The molecule has 1 aromatic carbocycles. The van der Waals surface area contributed by atoms with Gasteiger partial charge in [0.2, 0.25) is 0 Å². The monoisotopic (exact) mass is 278 g/mol. The van der Waals surface area contributed by atoms with E-state index in [-0.39, 0.29) is 6.54 Å². The first-order chi connectivity index (χ1) is 9.35. The molecule has 1 rings (SSSR count). The lowest BCUT2D eigenvalue weighted by Crippen LogP contribution is -2.27. The number of rotatable bonds is 4. The number of carbonyl (C=O) groups is 1. The molecule has 0 aliphatic rings. The van der Waals surface area contributed by atoms with Crippen molar-refractivity contribution in [2.24, 2.45) is 5.11 Å². The molecule has 0 aliphatic heterocycles. The standard InChI is InChI=1S/C13H18N4O3/c1-13(2,3)20-12(18)16-11-7-10(19-4)6-5-9(11)8-15-17-14/h5-7H,8H2,1-4H3,(H,16,18). The average Bonchev–Trinajstić information content (AvgIpc) is 2.34. The fourth-order valence-electron chi connectivity index (χ4n) is 1.46. The molecule has 1 N–H and O–H groups in total. The molecule has 7 heteroatoms. The molecular formula is C13H18N4O3. The highest BCUT2D eigenvalue weighted by Crippen LogP contribution is 2.24. The number of carbonyl (C=O) groups excluding carboxylic acids is 1. The van der Waals surface area contributed by atoms with Gasteiger partial charge in [-0.05, 0) is 37.9 Å². The Kier molecular flexibility index (Phi) is 5.23. The molecule has 0 atom stereocenters. The van der Waals surface area contributed by atoms with Crippen LogP contribution in [0.4, 0.5) is 10.5 Å². The van der Waals surface area contributed by atoms with Crippen LogP contribution in [0.3, 0.4) is 0 Å². The third-order valence-electron chi connectivity index (χ3n) is 2.26. The molecule has 0 fully saturated rings. The lowest BCUT2D eigenvalue weighted by Gasteiger charge is -2.20. The minimum absolute atomic E-state index is 0.131. The van der Waals surface area contributed by atoms with Crippen molar-refractivity contribution in [3.05, 3.63) is 34.2 Å². The highest BCUT2D eigenvalue weighted by Gasteiger charge is 2.17. The summed E-state index contributed by atoms with van der Waals surface area (Å²) in [6.45, 7) is 5.46. The van der Waals surface area contributed by atoms with Crippen LogP contribution in [0.1, 0.15) is 26.3 Å². The van der Waals surface area contributed by atoms with Gasteiger partial charge in [0.1, 0.15) is 11.4 Å². The summed E-state index contributed by atoms with van der Waals surface area (Å²) in [5, 5.41) is 6.11. The zero-order valence-electron chi connectivity index (χ0n) is 12.0. The molecule has 0 unspecified atom stereocenters. The smallest absolute Gasteiger partial charge is 0.412 e. The fourth-order valence-corrected chi connectivity index (χ4v) is 1.46. The number of benzene rings is 1. The number of methoxy groups -OCH3 is 1. The second-order valence-electron chi connectivity index (χ2n) is 5.04. The van der Waals surface area contributed by atoms with Gasteiger partial charge in [0.25, 0.3) is 0 Å². The van der Waals surface area contributed by atoms with E-state index in [1.165, 1.54) is 7.11 Å². The average molecular weight is 278 g/mol. The first-order valence-electron chi connectivity index (χ1n) is 6.03. The van der Waals surface area contributed by atoms with Gasteiger partial charge in [-0.2, -0.15) is 0 Å². The summed E-state index contributed by atoms with van der Waals surface area (Å²) in [7, 11) is 1.53. The summed E-state index contributed by atoms with van der Waals surface area (Å²) in [6.07, 6.45) is -0.576. The van der Waals surface area contributed by atoms with Crippen molar-refractivity contribution in [3.63, 3.8) is 0 Å². The van der Waals surface area contributed by atoms with Crippen molar-refractivity contribution < 1.29 is 14.3 Å². The molecule has 1 aromatic rings. The van der Waals surface area contributed by atoms with Crippen LogP contribution in [0.5, 0.6) is 5.75 Å². The van der Waals surface area contributed by atoms with E-state index >= 15 is 0 Å². The molecule has 20 heavy (non-hydrogen) atoms. The lowest BCUT2D eigenvalue weighted by atomic mass is 10.1. The maximum atomic E-state index is 11.8. The summed E-state index contributed by atoms with van der Waals surface area (Å²) in [6, 6.07) is 5.09. The molecule has 0 saturated heterocycles. The number of hydrogen-bond acceptors (Lipinski definition) is 4. The van der Waals surface area contributed by atoms with Gasteiger partial charge in [0, 0.05) is 11.0 Å². The van der Waals surface area contributed by atoms with Gasteiger partial charge < -0.3 is 9.47 Å². The molecule has 0 bridgehead atoms. The van der Waals surface area contributed by atoms with Crippen molar-refractivity contribution in [2.45, 2.75) is 32.9 Å². The molecule has 108 valence electrons. The van der Waals surface area contributed by atoms with E-state index in [0.29, 0.717) is 17.0 Å². The highest BCUT2D eigenvalue weighted by molar-refractivity contribution is 5.86. The van der Waals surface area contributed by atoms with E-state index in [1.54, 1.807) is 39.0 Å². The first kappa shape index (κ1) is 15.7. The van der Waals surface area contributed by atoms with Crippen LogP contribution in [0, 0.1) is 0 Å². The van der Waals surface area contributed by atoms with E-state index in [2.05, 4.69) is 15.3 Å². The van der Waals surface area contributed by atoms with Gasteiger partial charge in [0.15, 0.2) is 0 Å². The zero-order chi connectivity index (χ0) is 15.2. The highest BCUT2D eigenvalue weighted by atomic mass is 16.6. The van der Waals surface area contributed by atoms with Gasteiger partial charge in [-0.1, -0.05) is 11.2 Å². The largest absolute Gasteiger partial charge is 0.497 e. The van der Waals surface area contributed by atoms with Gasteiger partial charge in [0.05, 0.1) is 19.3 Å². The van der Waals surface area contributed by atoms with E-state index in [9.17, 15) is 4.79 Å². The van der Waals surface area contributed by atoms with Crippen LogP contribution in [0.2, 0.25) is 0 Å². The van der Waals surface area contributed by atoms with Crippen molar-refractivity contribution in [3.8, 4) is 5.75 Å². The Bertz CT molecular complexity index is 531. The number of ether oxygens (including phenoxy) is 2. The molecule has 1 amide bonds. The van der Waals surface area contributed by atoms with Crippen molar-refractivity contribution >= 4 is 11.8 Å². The van der Waals surface area contributed by atoms with Gasteiger partial charge in [-0.25, -0.2) is 4.79 Å². The fraction of sp³-hybridized carbons (Fsp3) is 0.462. The SMILES string of the molecule is COc1ccc(CN=[N+]=[N-])c(NC(=O)OC(C)(C)C)c1. The summed E-state index contributed by atoms with van der Waals surface area (Å²) >= 11 is 0. The quantitative estimate of drug-likeness (QED) is 0.514. The summed E-state index contributed by atoms with van der Waals surface area (Å²) in [4.78, 5) is 14.5. The maximum Gasteiger partial charge on any atom is 0.412 e. The Morgan fingerprint density at radius 3 is 2.70 bits per heavy atom. The van der Waals surface area contributed by atoms with Gasteiger partial charge in [-0.3, -0.25) is 5.32 Å². The molecular weight excluding hydrogens is 260 g/mol. The van der Waals surface area contributed by atoms with E-state index in [4.69, 9.17) is 15.0 Å². The van der Waals surface area contributed by atoms with Crippen LogP contribution < -0.4 is 10.1 Å². The van der Waals surface area contributed by atoms with E-state index in [0.717, 1.165) is 0 Å². The number of azide groups is 1. The Hall–Kier alpha value is -2.40. The summed E-state index contributed by atoms with van der Waals surface area (Å²) in [5.41, 5.74) is 8.95. The first-order valence-corrected chi connectivity index (χ1v) is 6.03. The van der Waals surface area contributed by atoms with Gasteiger partial charge >= 0.3 is 6.09 Å². The van der Waals surface area contributed by atoms with Crippen LogP contribution in [-0.2, 0) is 11.3 Å². The molecule has 0 saturated carbocycles. The Balaban J connectivity index is 2.95. The third-order valence-corrected chi connectivity index (χ3v) is 2.26. The van der Waals surface area contributed by atoms with Gasteiger partial charge in [-0.15, -0.1) is 0 Å². The maximum absolute atomic E-state index is 11.8. The second kappa shape index (κ2) is 6.68. The molecule has 0 heterocycles. The summed E-state index contributed by atoms with van der Waals surface area (Å²) < 4.78 is 10.3. The molecule has 0 aliphatic carbocycles. The minimum Gasteiger partial charge on any atom is -0.497 e. The topological polar surface area (TPSA) is 96.3 Å².